The number of fused-ring (bicyclic) bond motifs is 1. The number of hydrogen-bond donors (Lipinski definition) is 0. The fraction of sp³-hybridized carbons (Fsp3) is 0.368. The van der Waals surface area contributed by atoms with Gasteiger partial charge in [-0.2, -0.15) is 10.2 Å². The highest BCUT2D eigenvalue weighted by molar-refractivity contribution is 5.96. The molecule has 26 heavy (non-hydrogen) atoms. The van der Waals surface area contributed by atoms with E-state index in [4.69, 9.17) is 4.74 Å². The summed E-state index contributed by atoms with van der Waals surface area (Å²) in [6.07, 6.45) is 1.65. The average Bonchev–Trinajstić information content (AvgIpc) is 3.05. The number of rotatable bonds is 4. The molecular weight excluding hydrogens is 332 g/mol. The summed E-state index contributed by atoms with van der Waals surface area (Å²) in [5.41, 5.74) is 0.957. The minimum atomic E-state index is -0.355. The van der Waals surface area contributed by atoms with E-state index in [2.05, 4.69) is 10.2 Å². The Morgan fingerprint density at radius 3 is 2.42 bits per heavy atom. The van der Waals surface area contributed by atoms with Crippen LogP contribution in [-0.4, -0.2) is 32.5 Å². The molecule has 0 radical (unpaired) electrons. The molecule has 1 aromatic carbocycles. The van der Waals surface area contributed by atoms with Crippen LogP contribution in [0.15, 0.2) is 35.3 Å². The number of hydrogen-bond acceptors (Lipinski definition) is 5. The molecule has 2 heterocycles. The van der Waals surface area contributed by atoms with E-state index >= 15 is 0 Å². The molecule has 7 heteroatoms. The standard InChI is InChI=1S/C19H22N4O3/c1-12-15-10-20-23(19(2,3)4)17(15)18(25)22(21-12)11-16(24)13-6-8-14(26-5)9-7-13/h6-10H,11H2,1-5H3. The van der Waals surface area contributed by atoms with Gasteiger partial charge in [0.15, 0.2) is 5.78 Å². The van der Waals surface area contributed by atoms with Crippen molar-refractivity contribution in [1.82, 2.24) is 19.6 Å². The molecule has 0 N–H and O–H groups in total. The van der Waals surface area contributed by atoms with Crippen molar-refractivity contribution in [3.8, 4) is 5.75 Å². The second kappa shape index (κ2) is 6.40. The van der Waals surface area contributed by atoms with Gasteiger partial charge in [-0.15, -0.1) is 0 Å². The quantitative estimate of drug-likeness (QED) is 0.673. The Morgan fingerprint density at radius 2 is 1.85 bits per heavy atom. The number of aromatic nitrogens is 4. The van der Waals surface area contributed by atoms with E-state index in [1.165, 1.54) is 4.68 Å². The van der Waals surface area contributed by atoms with Gasteiger partial charge < -0.3 is 4.74 Å². The van der Waals surface area contributed by atoms with Crippen molar-refractivity contribution in [3.63, 3.8) is 0 Å². The topological polar surface area (TPSA) is 79.0 Å². The molecule has 136 valence electrons. The second-order valence-corrected chi connectivity index (χ2v) is 7.19. The first-order chi connectivity index (χ1) is 12.2. The van der Waals surface area contributed by atoms with Gasteiger partial charge >= 0.3 is 0 Å². The van der Waals surface area contributed by atoms with Crippen molar-refractivity contribution in [3.05, 3.63) is 52.1 Å². The molecule has 0 amide bonds. The summed E-state index contributed by atoms with van der Waals surface area (Å²) < 4.78 is 8.00. The Balaban J connectivity index is 2.03. The number of carbonyl (C=O) groups is 1. The summed E-state index contributed by atoms with van der Waals surface area (Å²) in [6, 6.07) is 6.78. The molecule has 0 aliphatic carbocycles. The maximum absolute atomic E-state index is 12.9. The molecule has 0 aliphatic rings. The van der Waals surface area contributed by atoms with E-state index in [0.717, 1.165) is 0 Å². The summed E-state index contributed by atoms with van der Waals surface area (Å²) in [5, 5.41) is 9.36. The van der Waals surface area contributed by atoms with Crippen molar-refractivity contribution in [1.29, 1.82) is 0 Å². The predicted octanol–water partition coefficient (Wildman–Crippen LogP) is 2.55. The SMILES string of the molecule is COc1ccc(C(=O)Cn2nc(C)c3cnn(C(C)(C)C)c3c2=O)cc1. The molecule has 3 aromatic rings. The molecular formula is C19H22N4O3. The maximum atomic E-state index is 12.9. The highest BCUT2D eigenvalue weighted by Crippen LogP contribution is 2.20. The highest BCUT2D eigenvalue weighted by Gasteiger charge is 2.22. The number of aryl methyl sites for hydroxylation is 1. The zero-order valence-corrected chi connectivity index (χ0v) is 15.6. The summed E-state index contributed by atoms with van der Waals surface area (Å²) in [7, 11) is 1.57. The Bertz CT molecular complexity index is 1020. The van der Waals surface area contributed by atoms with Crippen LogP contribution < -0.4 is 10.3 Å². The predicted molar refractivity (Wildman–Crippen MR) is 98.8 cm³/mol. The van der Waals surface area contributed by atoms with Crippen molar-refractivity contribution >= 4 is 16.7 Å². The van der Waals surface area contributed by atoms with Gasteiger partial charge in [-0.3, -0.25) is 14.3 Å². The molecule has 0 spiro atoms. The first-order valence-electron chi connectivity index (χ1n) is 8.35. The first kappa shape index (κ1) is 17.8. The molecule has 0 fully saturated rings. The van der Waals surface area contributed by atoms with E-state index < -0.39 is 0 Å². The Kier molecular flexibility index (Phi) is 4.39. The first-order valence-corrected chi connectivity index (χ1v) is 8.35. The zero-order valence-electron chi connectivity index (χ0n) is 15.6. The van der Waals surface area contributed by atoms with Crippen LogP contribution in [-0.2, 0) is 12.1 Å². The van der Waals surface area contributed by atoms with Gasteiger partial charge in [0.05, 0.1) is 24.5 Å². The lowest BCUT2D eigenvalue weighted by Gasteiger charge is -2.20. The molecule has 0 saturated heterocycles. The number of ether oxygens (including phenoxy) is 1. The Hall–Kier alpha value is -2.96. The molecule has 0 unspecified atom stereocenters. The lowest BCUT2D eigenvalue weighted by atomic mass is 10.1. The van der Waals surface area contributed by atoms with E-state index in [0.29, 0.717) is 27.9 Å². The Morgan fingerprint density at radius 1 is 1.19 bits per heavy atom. The van der Waals surface area contributed by atoms with Gasteiger partial charge in [0, 0.05) is 10.9 Å². The van der Waals surface area contributed by atoms with Crippen molar-refractivity contribution < 1.29 is 9.53 Å². The van der Waals surface area contributed by atoms with Crippen LogP contribution in [0.2, 0.25) is 0 Å². The number of benzene rings is 1. The van der Waals surface area contributed by atoms with Crippen LogP contribution >= 0.6 is 0 Å². The van der Waals surface area contributed by atoms with E-state index in [1.54, 1.807) is 42.3 Å². The number of carbonyl (C=O) groups excluding carboxylic acids is 1. The summed E-state index contributed by atoms with van der Waals surface area (Å²) in [5.74, 6) is 0.478. The van der Waals surface area contributed by atoms with Crippen molar-refractivity contribution in [2.24, 2.45) is 0 Å². The number of Topliss-reactive ketones (excluding diaryl/α,β-unsaturated/α-hetero) is 1. The lowest BCUT2D eigenvalue weighted by Crippen LogP contribution is -2.32. The van der Waals surface area contributed by atoms with Crippen LogP contribution in [0.3, 0.4) is 0 Å². The smallest absolute Gasteiger partial charge is 0.293 e. The largest absolute Gasteiger partial charge is 0.497 e. The minimum absolute atomic E-state index is 0.128. The number of ketones is 1. The van der Waals surface area contributed by atoms with Crippen LogP contribution in [0, 0.1) is 6.92 Å². The van der Waals surface area contributed by atoms with E-state index in [9.17, 15) is 9.59 Å². The zero-order chi connectivity index (χ0) is 19.1. The highest BCUT2D eigenvalue weighted by atomic mass is 16.5. The van der Waals surface area contributed by atoms with Crippen molar-refractivity contribution in [2.75, 3.05) is 7.11 Å². The summed E-state index contributed by atoms with van der Waals surface area (Å²) >= 11 is 0. The van der Waals surface area contributed by atoms with Gasteiger partial charge in [-0.05, 0) is 52.0 Å². The van der Waals surface area contributed by atoms with Gasteiger partial charge in [0.1, 0.15) is 17.8 Å². The minimum Gasteiger partial charge on any atom is -0.497 e. The summed E-state index contributed by atoms with van der Waals surface area (Å²) in [6.45, 7) is 7.60. The van der Waals surface area contributed by atoms with Gasteiger partial charge in [-0.25, -0.2) is 4.68 Å². The molecule has 0 bridgehead atoms. The molecule has 0 aliphatic heterocycles. The van der Waals surface area contributed by atoms with Gasteiger partial charge in [0.25, 0.3) is 5.56 Å². The third kappa shape index (κ3) is 3.12. The third-order valence-electron chi connectivity index (χ3n) is 4.21. The third-order valence-corrected chi connectivity index (χ3v) is 4.21. The molecule has 3 rings (SSSR count). The molecule has 2 aromatic heterocycles. The van der Waals surface area contributed by atoms with Gasteiger partial charge in [0.2, 0.25) is 0 Å². The lowest BCUT2D eigenvalue weighted by molar-refractivity contribution is 0.0965. The molecule has 0 saturated carbocycles. The molecule has 0 atom stereocenters. The van der Waals surface area contributed by atoms with Crippen LogP contribution in [0.5, 0.6) is 5.75 Å². The van der Waals surface area contributed by atoms with Gasteiger partial charge in [-0.1, -0.05) is 0 Å². The van der Waals surface area contributed by atoms with Crippen LogP contribution in [0.1, 0.15) is 36.8 Å². The average molecular weight is 354 g/mol. The number of methoxy groups -OCH3 is 1. The van der Waals surface area contributed by atoms with E-state index in [1.807, 2.05) is 27.7 Å². The fourth-order valence-electron chi connectivity index (χ4n) is 2.84. The molecule has 7 nitrogen and oxygen atoms in total. The normalized spacial score (nSPS) is 11.7. The summed E-state index contributed by atoms with van der Waals surface area (Å²) in [4.78, 5) is 25.5. The van der Waals surface area contributed by atoms with Crippen LogP contribution in [0.25, 0.3) is 10.9 Å². The monoisotopic (exact) mass is 354 g/mol. The van der Waals surface area contributed by atoms with E-state index in [-0.39, 0.29) is 23.4 Å². The van der Waals surface area contributed by atoms with Crippen LogP contribution in [0.4, 0.5) is 0 Å². The Labute approximate surface area is 151 Å². The second-order valence-electron chi connectivity index (χ2n) is 7.19. The fourth-order valence-corrected chi connectivity index (χ4v) is 2.84. The van der Waals surface area contributed by atoms with Crippen molar-refractivity contribution in [2.45, 2.75) is 39.8 Å². The number of nitrogens with zero attached hydrogens (tertiary/aromatic N) is 4. The maximum Gasteiger partial charge on any atom is 0.293 e.